The predicted molar refractivity (Wildman–Crippen MR) is 81.2 cm³/mol. The van der Waals surface area contributed by atoms with Gasteiger partial charge in [0.2, 0.25) is 0 Å². The zero-order valence-electron chi connectivity index (χ0n) is 9.81. The summed E-state index contributed by atoms with van der Waals surface area (Å²) in [6.45, 7) is 0.956. The summed E-state index contributed by atoms with van der Waals surface area (Å²) < 4.78 is 2.51. The van der Waals surface area contributed by atoms with Gasteiger partial charge in [-0.25, -0.2) is 0 Å². The molecule has 6 nitrogen and oxygen atoms in total. The number of nitrogens with one attached hydrogen (secondary N) is 1. The van der Waals surface area contributed by atoms with Crippen LogP contribution in [0, 0.1) is 3.57 Å². The molecule has 2 aromatic rings. The Bertz CT molecular complexity index is 601. The van der Waals surface area contributed by atoms with Gasteiger partial charge in [-0.3, -0.25) is 9.48 Å². The van der Waals surface area contributed by atoms with Crippen LogP contribution in [0.3, 0.4) is 0 Å². The maximum Gasteiger partial charge on any atom is 0.277 e. The Labute approximate surface area is 128 Å². The lowest BCUT2D eigenvalue weighted by molar-refractivity contribution is 0.102. The summed E-state index contributed by atoms with van der Waals surface area (Å²) in [5, 5.41) is 10.7. The van der Waals surface area contributed by atoms with Crippen LogP contribution in [0.2, 0.25) is 5.02 Å². The second-order valence-electron chi connectivity index (χ2n) is 3.73. The van der Waals surface area contributed by atoms with Crippen LogP contribution in [0.1, 0.15) is 10.5 Å². The molecule has 0 aliphatic rings. The second kappa shape index (κ2) is 6.31. The Morgan fingerprint density at radius 2 is 2.32 bits per heavy atom. The highest BCUT2D eigenvalue weighted by molar-refractivity contribution is 14.1. The van der Waals surface area contributed by atoms with Crippen LogP contribution in [0.4, 0.5) is 5.69 Å². The van der Waals surface area contributed by atoms with Crippen molar-refractivity contribution in [1.82, 2.24) is 15.0 Å². The molecule has 0 atom stereocenters. The van der Waals surface area contributed by atoms with Gasteiger partial charge in [-0.05, 0) is 40.8 Å². The van der Waals surface area contributed by atoms with E-state index in [0.717, 1.165) is 3.57 Å². The van der Waals surface area contributed by atoms with Gasteiger partial charge < -0.3 is 11.1 Å². The largest absolute Gasteiger partial charge is 0.329 e. The first-order valence-corrected chi connectivity index (χ1v) is 6.92. The fourth-order valence-electron chi connectivity index (χ4n) is 1.42. The monoisotopic (exact) mass is 391 g/mol. The fourth-order valence-corrected chi connectivity index (χ4v) is 2.32. The predicted octanol–water partition coefficient (Wildman–Crippen LogP) is 1.75. The van der Waals surface area contributed by atoms with Gasteiger partial charge in [0, 0.05) is 10.1 Å². The van der Waals surface area contributed by atoms with E-state index in [4.69, 9.17) is 17.3 Å². The van der Waals surface area contributed by atoms with E-state index in [9.17, 15) is 4.79 Å². The van der Waals surface area contributed by atoms with Gasteiger partial charge in [-0.2, -0.15) is 0 Å². The summed E-state index contributed by atoms with van der Waals surface area (Å²) in [5.74, 6) is -0.355. The van der Waals surface area contributed by atoms with Crippen molar-refractivity contribution in [1.29, 1.82) is 0 Å². The SMILES string of the molecule is NCCn1cc(C(=O)Nc2ccc(I)cc2Cl)nn1. The van der Waals surface area contributed by atoms with Crippen molar-refractivity contribution in [2.24, 2.45) is 5.73 Å². The zero-order chi connectivity index (χ0) is 13.8. The van der Waals surface area contributed by atoms with Crippen LogP contribution >= 0.6 is 34.2 Å². The lowest BCUT2D eigenvalue weighted by Crippen LogP contribution is -2.13. The van der Waals surface area contributed by atoms with E-state index < -0.39 is 0 Å². The molecule has 8 heteroatoms. The Morgan fingerprint density at radius 1 is 1.53 bits per heavy atom. The minimum atomic E-state index is -0.355. The van der Waals surface area contributed by atoms with Gasteiger partial charge in [-0.15, -0.1) is 5.10 Å². The van der Waals surface area contributed by atoms with E-state index in [1.54, 1.807) is 18.3 Å². The van der Waals surface area contributed by atoms with Gasteiger partial charge in [0.15, 0.2) is 5.69 Å². The third-order valence-corrected chi connectivity index (χ3v) is 3.29. The Balaban J connectivity index is 2.11. The number of carbonyl (C=O) groups excluding carboxylic acids is 1. The molecule has 1 heterocycles. The molecule has 3 N–H and O–H groups in total. The van der Waals surface area contributed by atoms with E-state index in [0.29, 0.717) is 23.8 Å². The van der Waals surface area contributed by atoms with Crippen LogP contribution in [0.5, 0.6) is 0 Å². The molecule has 0 spiro atoms. The Morgan fingerprint density at radius 3 is 3.00 bits per heavy atom. The molecule has 0 radical (unpaired) electrons. The van der Waals surface area contributed by atoms with Crippen molar-refractivity contribution in [2.75, 3.05) is 11.9 Å². The minimum absolute atomic E-state index is 0.225. The van der Waals surface area contributed by atoms with Crippen molar-refractivity contribution < 1.29 is 4.79 Å². The van der Waals surface area contributed by atoms with Gasteiger partial charge in [0.05, 0.1) is 23.5 Å². The summed E-state index contributed by atoms with van der Waals surface area (Å²) in [4.78, 5) is 12.0. The third kappa shape index (κ3) is 3.64. The number of halogens is 2. The number of carbonyl (C=O) groups is 1. The van der Waals surface area contributed by atoms with Crippen molar-refractivity contribution >= 4 is 45.8 Å². The first-order valence-electron chi connectivity index (χ1n) is 5.47. The van der Waals surface area contributed by atoms with E-state index in [-0.39, 0.29) is 11.6 Å². The van der Waals surface area contributed by atoms with Crippen molar-refractivity contribution in [3.05, 3.63) is 38.7 Å². The molecule has 1 aromatic carbocycles. The molecule has 0 aliphatic heterocycles. The molecule has 0 unspecified atom stereocenters. The molecule has 19 heavy (non-hydrogen) atoms. The number of nitrogens with two attached hydrogens (primary N) is 1. The Hall–Kier alpha value is -1.19. The molecule has 1 amide bonds. The molecule has 0 fully saturated rings. The number of anilines is 1. The number of hydrogen-bond acceptors (Lipinski definition) is 4. The lowest BCUT2D eigenvalue weighted by atomic mass is 10.3. The average molecular weight is 392 g/mol. The summed E-state index contributed by atoms with van der Waals surface area (Å²) in [7, 11) is 0. The van der Waals surface area contributed by atoms with Gasteiger partial charge in [-0.1, -0.05) is 16.8 Å². The van der Waals surface area contributed by atoms with Crippen LogP contribution < -0.4 is 11.1 Å². The molecule has 0 aliphatic carbocycles. The lowest BCUT2D eigenvalue weighted by Gasteiger charge is -2.05. The average Bonchev–Trinajstić information content (AvgIpc) is 2.82. The molecule has 100 valence electrons. The topological polar surface area (TPSA) is 85.8 Å². The smallest absolute Gasteiger partial charge is 0.277 e. The van der Waals surface area contributed by atoms with Crippen LogP contribution in [-0.4, -0.2) is 27.4 Å². The molecule has 2 rings (SSSR count). The molecular formula is C11H11ClIN5O. The number of nitrogens with zero attached hydrogens (tertiary/aromatic N) is 3. The second-order valence-corrected chi connectivity index (χ2v) is 5.39. The highest BCUT2D eigenvalue weighted by Gasteiger charge is 2.12. The van der Waals surface area contributed by atoms with Gasteiger partial charge in [0.1, 0.15) is 0 Å². The zero-order valence-corrected chi connectivity index (χ0v) is 12.7. The van der Waals surface area contributed by atoms with Crippen LogP contribution in [-0.2, 0) is 6.54 Å². The highest BCUT2D eigenvalue weighted by Crippen LogP contribution is 2.24. The summed E-state index contributed by atoms with van der Waals surface area (Å²) in [6.07, 6.45) is 1.54. The molecule has 0 bridgehead atoms. The Kier molecular flexibility index (Phi) is 4.72. The highest BCUT2D eigenvalue weighted by atomic mass is 127. The van der Waals surface area contributed by atoms with Gasteiger partial charge >= 0.3 is 0 Å². The standard InChI is InChI=1S/C11H11ClIN5O/c12-8-5-7(13)1-2-9(8)15-11(19)10-6-18(4-3-14)17-16-10/h1-2,5-6H,3-4,14H2,(H,15,19). The normalized spacial score (nSPS) is 10.5. The van der Waals surface area contributed by atoms with Crippen LogP contribution in [0.25, 0.3) is 0 Å². The molecule has 0 saturated heterocycles. The maximum atomic E-state index is 12.0. The third-order valence-electron chi connectivity index (χ3n) is 2.31. The number of benzene rings is 1. The van der Waals surface area contributed by atoms with Crippen LogP contribution in [0.15, 0.2) is 24.4 Å². The van der Waals surface area contributed by atoms with E-state index in [1.807, 2.05) is 6.07 Å². The molecule has 1 aromatic heterocycles. The summed E-state index contributed by atoms with van der Waals surface area (Å²) >= 11 is 8.18. The van der Waals surface area contributed by atoms with Crippen molar-refractivity contribution in [3.8, 4) is 0 Å². The molecule has 0 saturated carbocycles. The maximum absolute atomic E-state index is 12.0. The number of hydrogen-bond donors (Lipinski definition) is 2. The first-order chi connectivity index (χ1) is 9.10. The van der Waals surface area contributed by atoms with E-state index in [1.165, 1.54) is 4.68 Å². The summed E-state index contributed by atoms with van der Waals surface area (Å²) in [6, 6.07) is 5.36. The van der Waals surface area contributed by atoms with Crippen molar-refractivity contribution in [3.63, 3.8) is 0 Å². The van der Waals surface area contributed by atoms with E-state index >= 15 is 0 Å². The number of amides is 1. The number of aromatic nitrogens is 3. The number of rotatable bonds is 4. The first kappa shape index (κ1) is 14.2. The van der Waals surface area contributed by atoms with E-state index in [2.05, 4.69) is 38.2 Å². The molecular weight excluding hydrogens is 381 g/mol. The van der Waals surface area contributed by atoms with Crippen molar-refractivity contribution in [2.45, 2.75) is 6.54 Å². The minimum Gasteiger partial charge on any atom is -0.329 e. The fraction of sp³-hybridized carbons (Fsp3) is 0.182. The van der Waals surface area contributed by atoms with Gasteiger partial charge in [0.25, 0.3) is 5.91 Å². The quantitative estimate of drug-likeness (QED) is 0.778. The summed E-state index contributed by atoms with van der Waals surface area (Å²) in [5.41, 5.74) is 6.16.